The molecule has 0 fully saturated rings. The first kappa shape index (κ1) is 30.0. The van der Waals surface area contributed by atoms with Crippen molar-refractivity contribution in [2.24, 2.45) is 0 Å². The van der Waals surface area contributed by atoms with Gasteiger partial charge in [0, 0.05) is 73.3 Å². The van der Waals surface area contributed by atoms with Crippen molar-refractivity contribution in [1.82, 2.24) is 9.97 Å². The van der Waals surface area contributed by atoms with Crippen LogP contribution in [0.3, 0.4) is 0 Å². The van der Waals surface area contributed by atoms with Crippen LogP contribution in [0, 0.1) is 33.5 Å². The average molecular weight is 703 g/mol. The molecule has 0 saturated carbocycles. The van der Waals surface area contributed by atoms with Gasteiger partial charge in [-0.05, 0) is 60.7 Å². The molecule has 0 saturated heterocycles. The zero-order valence-electron chi connectivity index (χ0n) is 23.5. The molecule has 1 aliphatic carbocycles. The lowest BCUT2D eigenvalue weighted by atomic mass is 9.92. The minimum Gasteiger partial charge on any atom is -0.298 e. The van der Waals surface area contributed by atoms with E-state index in [4.69, 9.17) is 10.8 Å². The average Bonchev–Trinajstić information content (AvgIpc) is 3.90. The van der Waals surface area contributed by atoms with Gasteiger partial charge >= 0.3 is 0 Å². The first-order valence-electron chi connectivity index (χ1n) is 13.5. The van der Waals surface area contributed by atoms with E-state index in [-0.39, 0.29) is 11.4 Å². The molecule has 6 heterocycles. The van der Waals surface area contributed by atoms with E-state index in [9.17, 15) is 10.5 Å². The van der Waals surface area contributed by atoms with Crippen LogP contribution >= 0.6 is 68.0 Å². The summed E-state index contributed by atoms with van der Waals surface area (Å²) in [5.41, 5.74) is 2.96. The lowest BCUT2D eigenvalue weighted by molar-refractivity contribution is 1.38. The lowest BCUT2D eigenvalue weighted by Gasteiger charge is -2.15. The van der Waals surface area contributed by atoms with E-state index in [0.717, 1.165) is 50.2 Å². The summed E-state index contributed by atoms with van der Waals surface area (Å²) in [6, 6.07) is 20.7. The van der Waals surface area contributed by atoms with Gasteiger partial charge in [0.2, 0.25) is 0 Å². The van der Waals surface area contributed by atoms with E-state index in [1.54, 1.807) is 57.7 Å². The number of hydrogen-bond acceptors (Lipinski definition) is 12. The van der Waals surface area contributed by atoms with Crippen LogP contribution in [0.1, 0.15) is 29.5 Å². The van der Waals surface area contributed by atoms with E-state index >= 15 is 0 Å². The van der Waals surface area contributed by atoms with Crippen LogP contribution in [0.15, 0.2) is 83.8 Å². The summed E-state index contributed by atoms with van der Waals surface area (Å²) in [6.07, 6.45) is 11.0. The zero-order valence-corrected chi connectivity index (χ0v) is 28.4. The van der Waals surface area contributed by atoms with E-state index in [1.807, 2.05) is 71.5 Å². The summed E-state index contributed by atoms with van der Waals surface area (Å²) < 4.78 is 0. The third-order valence-corrected chi connectivity index (χ3v) is 13.1. The number of nitrogens with zero attached hydrogens (tertiary/aromatic N) is 4. The first-order valence-corrected chi connectivity index (χ1v) is 18.6. The molecule has 12 heteroatoms. The van der Waals surface area contributed by atoms with E-state index in [1.165, 1.54) is 22.7 Å². The van der Waals surface area contributed by atoms with Crippen molar-refractivity contribution in [3.8, 4) is 31.6 Å². The Morgan fingerprint density at radius 1 is 0.565 bits per heavy atom. The number of nitriles is 2. The zero-order chi connectivity index (χ0) is 31.6. The Morgan fingerprint density at radius 2 is 0.957 bits per heavy atom. The van der Waals surface area contributed by atoms with Gasteiger partial charge in [0.25, 0.3) is 0 Å². The molecule has 6 aromatic rings. The van der Waals surface area contributed by atoms with Crippen LogP contribution in [-0.2, 0) is 0 Å². The van der Waals surface area contributed by atoms with Crippen molar-refractivity contribution in [3.05, 3.63) is 113 Å². The number of thiophene rings is 4. The minimum atomic E-state index is 0.201. The standard InChI is InChI=1S/C34H18N6S6/c35-17-19(33-39-11-13-41-33)15-21-1-5-27(43-21)29-9-7-25(45-29)23-3-4-24(32(38)31(23)37)26-8-10-30(46-26)28-6-2-22(44-28)16-20(18-36)34-40-12-14-42-34/h1-16,37-38H/b19-15+,20-16+,37-31?,38-32?. The molecule has 0 radical (unpaired) electrons. The summed E-state index contributed by atoms with van der Waals surface area (Å²) >= 11 is 9.29. The molecule has 0 aromatic carbocycles. The van der Waals surface area contributed by atoms with E-state index in [2.05, 4.69) is 34.2 Å². The van der Waals surface area contributed by atoms with Crippen molar-refractivity contribution in [2.75, 3.05) is 0 Å². The quantitative estimate of drug-likeness (QED) is 0.121. The maximum absolute atomic E-state index is 9.58. The molecule has 1 aliphatic rings. The van der Waals surface area contributed by atoms with Crippen LogP contribution in [-0.4, -0.2) is 21.4 Å². The van der Waals surface area contributed by atoms with Crippen LogP contribution in [0.2, 0.25) is 0 Å². The fraction of sp³-hybridized carbons (Fsp3) is 0. The SMILES string of the molecule is N#C/C(=C\c1ccc(-c2ccc(C3=CC=C(c4ccc(-c5ccc(/C=C(\C#N)c6nccs6)s5)s4)C(=N)C3=N)s2)s1)c1nccs1. The Hall–Kier alpha value is -4.66. The molecular formula is C34H18N6S6. The number of allylic oxidation sites excluding steroid dienone is 6. The van der Waals surface area contributed by atoms with Crippen LogP contribution in [0.25, 0.3) is 54.0 Å². The number of hydrogen-bond donors (Lipinski definition) is 2. The second-order valence-electron chi connectivity index (χ2n) is 9.66. The summed E-state index contributed by atoms with van der Waals surface area (Å²) in [7, 11) is 0. The first-order chi connectivity index (χ1) is 22.5. The molecule has 46 heavy (non-hydrogen) atoms. The predicted octanol–water partition coefficient (Wildman–Crippen LogP) is 10.8. The summed E-state index contributed by atoms with van der Waals surface area (Å²) in [4.78, 5) is 16.6. The summed E-state index contributed by atoms with van der Waals surface area (Å²) in [6.45, 7) is 0. The topological polar surface area (TPSA) is 121 Å². The number of nitrogens with one attached hydrogen (secondary N) is 2. The molecular weight excluding hydrogens is 685 g/mol. The summed E-state index contributed by atoms with van der Waals surface area (Å²) in [5, 5.41) is 42.0. The van der Waals surface area contributed by atoms with Gasteiger partial charge in [-0.1, -0.05) is 12.2 Å². The van der Waals surface area contributed by atoms with Crippen molar-refractivity contribution in [1.29, 1.82) is 21.3 Å². The predicted molar refractivity (Wildman–Crippen MR) is 198 cm³/mol. The van der Waals surface area contributed by atoms with Crippen molar-refractivity contribution < 1.29 is 0 Å². The maximum atomic E-state index is 9.58. The van der Waals surface area contributed by atoms with Crippen LogP contribution < -0.4 is 0 Å². The van der Waals surface area contributed by atoms with Gasteiger partial charge in [-0.3, -0.25) is 10.8 Å². The Morgan fingerprint density at radius 3 is 1.35 bits per heavy atom. The fourth-order valence-corrected chi connectivity index (χ4v) is 10.0. The Bertz CT molecular complexity index is 2150. The monoisotopic (exact) mass is 702 g/mol. The van der Waals surface area contributed by atoms with Gasteiger partial charge in [-0.2, -0.15) is 10.5 Å². The van der Waals surface area contributed by atoms with Crippen LogP contribution in [0.4, 0.5) is 0 Å². The molecule has 0 atom stereocenters. The highest BCUT2D eigenvalue weighted by Crippen LogP contribution is 2.41. The highest BCUT2D eigenvalue weighted by molar-refractivity contribution is 7.24. The third-order valence-electron chi connectivity index (χ3n) is 6.83. The fourth-order valence-electron chi connectivity index (χ4n) is 4.65. The molecule has 220 valence electrons. The van der Waals surface area contributed by atoms with Crippen LogP contribution in [0.5, 0.6) is 0 Å². The normalized spacial score (nSPS) is 13.8. The van der Waals surface area contributed by atoms with Crippen molar-refractivity contribution >= 4 is 114 Å². The molecule has 7 rings (SSSR count). The second-order valence-corrected chi connectivity index (χ2v) is 15.8. The minimum absolute atomic E-state index is 0.201. The van der Waals surface area contributed by atoms with Gasteiger partial charge in [-0.15, -0.1) is 68.0 Å². The number of thiazole rings is 2. The van der Waals surface area contributed by atoms with Crippen molar-refractivity contribution in [2.45, 2.75) is 0 Å². The number of aromatic nitrogens is 2. The maximum Gasteiger partial charge on any atom is 0.133 e. The second kappa shape index (κ2) is 13.0. The van der Waals surface area contributed by atoms with E-state index < -0.39 is 0 Å². The Balaban J connectivity index is 1.10. The largest absolute Gasteiger partial charge is 0.298 e. The molecule has 0 aliphatic heterocycles. The molecule has 6 aromatic heterocycles. The molecule has 6 nitrogen and oxygen atoms in total. The smallest absolute Gasteiger partial charge is 0.133 e. The van der Waals surface area contributed by atoms with Crippen molar-refractivity contribution in [3.63, 3.8) is 0 Å². The highest BCUT2D eigenvalue weighted by atomic mass is 32.1. The van der Waals surface area contributed by atoms with Gasteiger partial charge in [-0.25, -0.2) is 9.97 Å². The number of rotatable bonds is 8. The van der Waals surface area contributed by atoms with Gasteiger partial charge in [0.1, 0.15) is 22.2 Å². The Kier molecular flexibility index (Phi) is 8.47. The van der Waals surface area contributed by atoms with Gasteiger partial charge in [0.15, 0.2) is 0 Å². The Labute approximate surface area is 288 Å². The van der Waals surface area contributed by atoms with Gasteiger partial charge in [0.05, 0.1) is 22.6 Å². The van der Waals surface area contributed by atoms with E-state index in [0.29, 0.717) is 21.2 Å². The summed E-state index contributed by atoms with van der Waals surface area (Å²) in [5.74, 6) is 0. The molecule has 0 bridgehead atoms. The molecule has 0 spiro atoms. The third kappa shape index (κ3) is 5.98. The highest BCUT2D eigenvalue weighted by Gasteiger charge is 2.24. The molecule has 0 amide bonds. The lowest BCUT2D eigenvalue weighted by Crippen LogP contribution is -2.17. The molecule has 2 N–H and O–H groups in total. The molecule has 0 unspecified atom stereocenters. The van der Waals surface area contributed by atoms with Gasteiger partial charge < -0.3 is 0 Å².